The fourth-order valence-electron chi connectivity index (χ4n) is 2.16. The molecule has 0 unspecified atom stereocenters. The van der Waals surface area contributed by atoms with E-state index in [1.165, 1.54) is 24.3 Å². The maximum atomic E-state index is 11.9. The standard InChI is InChI=1S/C20H18N2O4/c1-2-7-16-8-3-4-9-19(16)26-15-6-5-14-21-20(23)17-10-12-18(13-11-17)22(24)25/h2-4,8-13H,1,7,14-15H2,(H,21,23). The number of carbonyl (C=O) groups excluding carboxylic acids is 1. The molecule has 0 saturated carbocycles. The normalized spacial score (nSPS) is 9.54. The SMILES string of the molecule is C=CCc1ccccc1OCC#CCNC(=O)c1ccc([N+](=O)[O-])cc1. The second-order valence-electron chi connectivity index (χ2n) is 5.23. The van der Waals surface area contributed by atoms with Crippen molar-refractivity contribution >= 4 is 11.6 Å². The van der Waals surface area contributed by atoms with E-state index in [-0.39, 0.29) is 24.7 Å². The molecule has 0 aliphatic heterocycles. The van der Waals surface area contributed by atoms with Crippen LogP contribution < -0.4 is 10.1 Å². The summed E-state index contributed by atoms with van der Waals surface area (Å²) in [6.07, 6.45) is 2.52. The number of hydrogen-bond donors (Lipinski definition) is 1. The first-order valence-electron chi connectivity index (χ1n) is 7.92. The summed E-state index contributed by atoms with van der Waals surface area (Å²) in [6.45, 7) is 4.09. The van der Waals surface area contributed by atoms with Crippen molar-refractivity contribution in [1.29, 1.82) is 0 Å². The lowest BCUT2D eigenvalue weighted by molar-refractivity contribution is -0.384. The highest BCUT2D eigenvalue weighted by molar-refractivity contribution is 5.94. The first-order valence-corrected chi connectivity index (χ1v) is 7.92. The molecular formula is C20H18N2O4. The molecule has 6 heteroatoms. The minimum absolute atomic E-state index is 0.0600. The van der Waals surface area contributed by atoms with E-state index in [4.69, 9.17) is 4.74 Å². The largest absolute Gasteiger partial charge is 0.481 e. The van der Waals surface area contributed by atoms with Gasteiger partial charge in [0.2, 0.25) is 0 Å². The average Bonchev–Trinajstić information content (AvgIpc) is 2.66. The molecule has 1 amide bonds. The summed E-state index contributed by atoms with van der Waals surface area (Å²) in [5.41, 5.74) is 1.32. The van der Waals surface area contributed by atoms with E-state index in [0.717, 1.165) is 17.7 Å². The Morgan fingerprint density at radius 2 is 1.92 bits per heavy atom. The molecular weight excluding hydrogens is 332 g/mol. The number of para-hydroxylation sites is 1. The Labute approximate surface area is 151 Å². The summed E-state index contributed by atoms with van der Waals surface area (Å²) in [4.78, 5) is 22.0. The van der Waals surface area contributed by atoms with Gasteiger partial charge in [-0.3, -0.25) is 14.9 Å². The highest BCUT2D eigenvalue weighted by Gasteiger charge is 2.08. The molecule has 0 fully saturated rings. The highest BCUT2D eigenvalue weighted by Crippen LogP contribution is 2.18. The Bertz CT molecular complexity index is 848. The van der Waals surface area contributed by atoms with Crippen LogP contribution in [0, 0.1) is 22.0 Å². The number of carbonyl (C=O) groups is 1. The Morgan fingerprint density at radius 3 is 2.62 bits per heavy atom. The molecule has 0 heterocycles. The Hall–Kier alpha value is -3.59. The lowest BCUT2D eigenvalue weighted by Gasteiger charge is -2.07. The number of ether oxygens (including phenoxy) is 1. The second-order valence-corrected chi connectivity index (χ2v) is 5.23. The van der Waals surface area contributed by atoms with Gasteiger partial charge in [0.25, 0.3) is 11.6 Å². The third-order valence-electron chi connectivity index (χ3n) is 3.44. The first-order chi connectivity index (χ1) is 12.6. The molecule has 0 spiro atoms. The molecule has 0 radical (unpaired) electrons. The zero-order valence-electron chi connectivity index (χ0n) is 14.1. The summed E-state index contributed by atoms with van der Waals surface area (Å²) in [6, 6.07) is 13.0. The molecule has 0 bridgehead atoms. The van der Waals surface area contributed by atoms with Crippen LogP contribution in [0.2, 0.25) is 0 Å². The topological polar surface area (TPSA) is 81.5 Å². The van der Waals surface area contributed by atoms with Gasteiger partial charge in [-0.1, -0.05) is 36.1 Å². The molecule has 2 aromatic rings. The number of hydrogen-bond acceptors (Lipinski definition) is 4. The number of rotatable bonds is 7. The number of amides is 1. The molecule has 0 atom stereocenters. The second kappa shape index (κ2) is 9.64. The molecule has 2 aromatic carbocycles. The lowest BCUT2D eigenvalue weighted by atomic mass is 10.1. The van der Waals surface area contributed by atoms with E-state index in [2.05, 4.69) is 23.7 Å². The van der Waals surface area contributed by atoms with Crippen LogP contribution in [0.4, 0.5) is 5.69 Å². The van der Waals surface area contributed by atoms with Crippen LogP contribution in [0.15, 0.2) is 61.2 Å². The van der Waals surface area contributed by atoms with Gasteiger partial charge in [0.15, 0.2) is 0 Å². The third-order valence-corrected chi connectivity index (χ3v) is 3.44. The van der Waals surface area contributed by atoms with Gasteiger partial charge >= 0.3 is 0 Å². The lowest BCUT2D eigenvalue weighted by Crippen LogP contribution is -2.23. The van der Waals surface area contributed by atoms with E-state index in [1.807, 2.05) is 30.3 Å². The number of allylic oxidation sites excluding steroid dienone is 1. The number of benzene rings is 2. The van der Waals surface area contributed by atoms with Crippen LogP contribution in [0.5, 0.6) is 5.75 Å². The molecule has 132 valence electrons. The molecule has 6 nitrogen and oxygen atoms in total. The van der Waals surface area contributed by atoms with Crippen LogP contribution >= 0.6 is 0 Å². The maximum absolute atomic E-state index is 11.9. The van der Waals surface area contributed by atoms with Gasteiger partial charge in [0.05, 0.1) is 11.5 Å². The van der Waals surface area contributed by atoms with Crippen LogP contribution in [0.3, 0.4) is 0 Å². The predicted molar refractivity (Wildman–Crippen MR) is 99.0 cm³/mol. The van der Waals surface area contributed by atoms with Crippen molar-refractivity contribution in [2.24, 2.45) is 0 Å². The van der Waals surface area contributed by atoms with Crippen molar-refractivity contribution in [3.05, 3.63) is 82.4 Å². The molecule has 0 aromatic heterocycles. The van der Waals surface area contributed by atoms with Gasteiger partial charge in [0, 0.05) is 17.7 Å². The van der Waals surface area contributed by atoms with Crippen molar-refractivity contribution in [3.63, 3.8) is 0 Å². The number of nitrogens with one attached hydrogen (secondary N) is 1. The summed E-state index contributed by atoms with van der Waals surface area (Å²) >= 11 is 0. The number of non-ortho nitro benzene ring substituents is 1. The van der Waals surface area contributed by atoms with Gasteiger partial charge in [-0.05, 0) is 30.2 Å². The quantitative estimate of drug-likeness (QED) is 0.360. The van der Waals surface area contributed by atoms with E-state index >= 15 is 0 Å². The highest BCUT2D eigenvalue weighted by atomic mass is 16.6. The number of nitrogens with zero attached hydrogens (tertiary/aromatic N) is 1. The summed E-state index contributed by atoms with van der Waals surface area (Å²) < 4.78 is 5.62. The first kappa shape index (κ1) is 18.7. The molecule has 0 saturated heterocycles. The van der Waals surface area contributed by atoms with Crippen LogP contribution in [0.1, 0.15) is 15.9 Å². The van der Waals surface area contributed by atoms with Crippen LogP contribution in [-0.2, 0) is 6.42 Å². The molecule has 0 aliphatic carbocycles. The fourth-order valence-corrected chi connectivity index (χ4v) is 2.16. The Balaban J connectivity index is 1.79. The maximum Gasteiger partial charge on any atom is 0.269 e. The van der Waals surface area contributed by atoms with Crippen molar-refractivity contribution < 1.29 is 14.5 Å². The van der Waals surface area contributed by atoms with Gasteiger partial charge in [0.1, 0.15) is 12.4 Å². The summed E-state index contributed by atoms with van der Waals surface area (Å²) in [5, 5.41) is 13.2. The molecule has 2 rings (SSSR count). The third kappa shape index (κ3) is 5.49. The smallest absolute Gasteiger partial charge is 0.269 e. The fraction of sp³-hybridized carbons (Fsp3) is 0.150. The van der Waals surface area contributed by atoms with E-state index in [1.54, 1.807) is 0 Å². The Morgan fingerprint density at radius 1 is 1.19 bits per heavy atom. The minimum Gasteiger partial charge on any atom is -0.481 e. The van der Waals surface area contributed by atoms with Gasteiger partial charge in [-0.25, -0.2) is 0 Å². The van der Waals surface area contributed by atoms with Crippen molar-refractivity contribution in [2.75, 3.05) is 13.2 Å². The Kier molecular flexibility index (Phi) is 6.95. The van der Waals surface area contributed by atoms with Crippen molar-refractivity contribution in [2.45, 2.75) is 6.42 Å². The average molecular weight is 350 g/mol. The predicted octanol–water partition coefficient (Wildman–Crippen LogP) is 3.14. The molecule has 0 aliphatic rings. The van der Waals surface area contributed by atoms with Crippen molar-refractivity contribution in [3.8, 4) is 17.6 Å². The zero-order chi connectivity index (χ0) is 18.8. The van der Waals surface area contributed by atoms with E-state index < -0.39 is 4.92 Å². The van der Waals surface area contributed by atoms with Crippen LogP contribution in [-0.4, -0.2) is 24.0 Å². The van der Waals surface area contributed by atoms with Gasteiger partial charge in [-0.15, -0.1) is 6.58 Å². The van der Waals surface area contributed by atoms with E-state index in [9.17, 15) is 14.9 Å². The summed E-state index contributed by atoms with van der Waals surface area (Å²) in [5.74, 6) is 6.05. The minimum atomic E-state index is -0.514. The summed E-state index contributed by atoms with van der Waals surface area (Å²) in [7, 11) is 0. The van der Waals surface area contributed by atoms with E-state index in [0.29, 0.717) is 5.56 Å². The van der Waals surface area contributed by atoms with Gasteiger partial charge in [-0.2, -0.15) is 0 Å². The molecule has 1 N–H and O–H groups in total. The van der Waals surface area contributed by atoms with Crippen LogP contribution in [0.25, 0.3) is 0 Å². The monoisotopic (exact) mass is 350 g/mol. The number of nitro groups is 1. The molecule has 26 heavy (non-hydrogen) atoms. The zero-order valence-corrected chi connectivity index (χ0v) is 14.1. The number of nitro benzene ring substituents is 1. The van der Waals surface area contributed by atoms with Gasteiger partial charge < -0.3 is 10.1 Å². The van der Waals surface area contributed by atoms with Crippen molar-refractivity contribution in [1.82, 2.24) is 5.32 Å².